The summed E-state index contributed by atoms with van der Waals surface area (Å²) < 4.78 is 15.0. The summed E-state index contributed by atoms with van der Waals surface area (Å²) in [5.41, 5.74) is 6.62. The van der Waals surface area contributed by atoms with Crippen LogP contribution in [0.25, 0.3) is 11.1 Å². The van der Waals surface area contributed by atoms with Crippen LogP contribution in [0, 0.1) is 19.7 Å². The second-order valence-corrected chi connectivity index (χ2v) is 9.66. The zero-order valence-electron chi connectivity index (χ0n) is 21.1. The lowest BCUT2D eigenvalue weighted by atomic mass is 9.90. The maximum absolute atomic E-state index is 15.0. The van der Waals surface area contributed by atoms with Crippen LogP contribution in [0.15, 0.2) is 84.3 Å². The van der Waals surface area contributed by atoms with E-state index in [0.717, 1.165) is 28.1 Å². The molecule has 2 aromatic carbocycles. The van der Waals surface area contributed by atoms with E-state index in [1.165, 1.54) is 6.07 Å². The number of benzene rings is 2. The normalized spacial score (nSPS) is 15.7. The third kappa shape index (κ3) is 5.48. The van der Waals surface area contributed by atoms with Crippen LogP contribution in [0.4, 0.5) is 4.39 Å². The van der Waals surface area contributed by atoms with E-state index in [0.29, 0.717) is 28.8 Å². The molecule has 5 nitrogen and oxygen atoms in total. The Balaban J connectivity index is 1.49. The third-order valence-corrected chi connectivity index (χ3v) is 6.64. The van der Waals surface area contributed by atoms with Gasteiger partial charge in [0, 0.05) is 53.5 Å². The van der Waals surface area contributed by atoms with Crippen molar-refractivity contribution in [3.8, 4) is 11.1 Å². The topological polar surface area (TPSA) is 64.4 Å². The van der Waals surface area contributed by atoms with Gasteiger partial charge in [0.1, 0.15) is 5.82 Å². The van der Waals surface area contributed by atoms with Crippen molar-refractivity contribution >= 4 is 11.5 Å². The molecule has 3 heterocycles. The van der Waals surface area contributed by atoms with Crippen molar-refractivity contribution < 1.29 is 14.0 Å². The lowest BCUT2D eigenvalue weighted by Gasteiger charge is -2.14. The molecule has 0 aliphatic carbocycles. The van der Waals surface area contributed by atoms with Crippen LogP contribution >= 0.6 is 0 Å². The minimum Gasteiger partial charge on any atom is -0.385 e. The molecule has 0 amide bonds. The average molecular weight is 494 g/mol. The number of ketones is 1. The van der Waals surface area contributed by atoms with Gasteiger partial charge in [0.2, 0.25) is 0 Å². The fourth-order valence-corrected chi connectivity index (χ4v) is 4.57. The number of carbonyl (C=O) groups is 1. The molecular weight excluding hydrogens is 465 g/mol. The van der Waals surface area contributed by atoms with Crippen molar-refractivity contribution in [2.45, 2.75) is 45.6 Å². The van der Waals surface area contributed by atoms with E-state index in [-0.39, 0.29) is 30.0 Å². The Morgan fingerprint density at radius 3 is 2.54 bits per heavy atom. The van der Waals surface area contributed by atoms with Crippen molar-refractivity contribution in [3.63, 3.8) is 0 Å². The van der Waals surface area contributed by atoms with Crippen molar-refractivity contribution in [1.29, 1.82) is 0 Å². The van der Waals surface area contributed by atoms with E-state index in [1.54, 1.807) is 24.5 Å². The predicted octanol–water partition coefficient (Wildman–Crippen LogP) is 7.14. The second kappa shape index (κ2) is 10.4. The van der Waals surface area contributed by atoms with Gasteiger partial charge in [-0.15, -0.1) is 0 Å². The van der Waals surface area contributed by atoms with Crippen LogP contribution in [0.2, 0.25) is 0 Å². The SMILES string of the molecule is Cc1ccnc([C@@H](C)CC(=O)c2cc(C3=NOC(c4ccccn4)C3)cc(-c3ccc(C)cc3F)c2)c1. The summed E-state index contributed by atoms with van der Waals surface area (Å²) in [6, 6.07) is 20.2. The van der Waals surface area contributed by atoms with Crippen molar-refractivity contribution in [2.75, 3.05) is 0 Å². The monoisotopic (exact) mass is 493 g/mol. The lowest BCUT2D eigenvalue weighted by Crippen LogP contribution is -2.09. The first-order valence-corrected chi connectivity index (χ1v) is 12.4. The first-order valence-electron chi connectivity index (χ1n) is 12.4. The van der Waals surface area contributed by atoms with Crippen LogP contribution in [-0.2, 0) is 4.84 Å². The Morgan fingerprint density at radius 1 is 0.973 bits per heavy atom. The van der Waals surface area contributed by atoms with E-state index >= 15 is 0 Å². The van der Waals surface area contributed by atoms with Crippen LogP contribution in [0.5, 0.6) is 0 Å². The van der Waals surface area contributed by atoms with Crippen LogP contribution in [0.3, 0.4) is 0 Å². The molecule has 1 unspecified atom stereocenters. The summed E-state index contributed by atoms with van der Waals surface area (Å²) in [6.07, 6.45) is 3.98. The Labute approximate surface area is 216 Å². The molecule has 4 aromatic rings. The molecule has 0 saturated heterocycles. The molecule has 5 rings (SSSR count). The Bertz CT molecular complexity index is 1480. The zero-order valence-corrected chi connectivity index (χ0v) is 21.1. The van der Waals surface area contributed by atoms with Crippen molar-refractivity contribution in [2.24, 2.45) is 5.16 Å². The number of hydrogen-bond acceptors (Lipinski definition) is 5. The molecule has 0 N–H and O–H groups in total. The minimum absolute atomic E-state index is 0.0350. The van der Waals surface area contributed by atoms with Gasteiger partial charge < -0.3 is 4.84 Å². The van der Waals surface area contributed by atoms with Gasteiger partial charge in [-0.05, 0) is 79.1 Å². The van der Waals surface area contributed by atoms with Crippen molar-refractivity contribution in [1.82, 2.24) is 9.97 Å². The number of carbonyl (C=O) groups excluding carboxylic acids is 1. The van der Waals surface area contributed by atoms with E-state index < -0.39 is 0 Å². The molecule has 1 aliphatic heterocycles. The highest BCUT2D eigenvalue weighted by atomic mass is 19.1. The molecule has 0 spiro atoms. The quantitative estimate of drug-likeness (QED) is 0.257. The lowest BCUT2D eigenvalue weighted by molar-refractivity contribution is 0.0826. The van der Waals surface area contributed by atoms with E-state index in [1.807, 2.05) is 69.3 Å². The highest BCUT2D eigenvalue weighted by molar-refractivity contribution is 6.06. The van der Waals surface area contributed by atoms with Crippen LogP contribution < -0.4 is 0 Å². The van der Waals surface area contributed by atoms with Crippen LogP contribution in [-0.4, -0.2) is 21.5 Å². The molecule has 0 radical (unpaired) electrons. The Morgan fingerprint density at radius 2 is 1.78 bits per heavy atom. The number of pyridine rings is 2. The van der Waals surface area contributed by atoms with Gasteiger partial charge in [-0.1, -0.05) is 30.3 Å². The number of rotatable bonds is 7. The maximum atomic E-state index is 15.0. The molecule has 6 heteroatoms. The first-order chi connectivity index (χ1) is 17.9. The van der Waals surface area contributed by atoms with Gasteiger partial charge in [-0.25, -0.2) is 4.39 Å². The molecule has 0 fully saturated rings. The summed E-state index contributed by atoms with van der Waals surface area (Å²) in [6.45, 7) is 5.85. The fourth-order valence-electron chi connectivity index (χ4n) is 4.57. The predicted molar refractivity (Wildman–Crippen MR) is 142 cm³/mol. The summed E-state index contributed by atoms with van der Waals surface area (Å²) in [4.78, 5) is 28.0. The summed E-state index contributed by atoms with van der Waals surface area (Å²) in [7, 11) is 0. The fraction of sp³-hybridized carbons (Fsp3) is 0.226. The third-order valence-electron chi connectivity index (χ3n) is 6.64. The van der Waals surface area contributed by atoms with E-state index in [2.05, 4.69) is 15.1 Å². The van der Waals surface area contributed by atoms with Crippen LogP contribution in [0.1, 0.15) is 70.2 Å². The number of Topliss-reactive ketones (excluding diaryl/α,β-unsaturated/α-hetero) is 1. The van der Waals surface area contributed by atoms with Gasteiger partial charge in [-0.3, -0.25) is 14.8 Å². The average Bonchev–Trinajstić information content (AvgIpc) is 3.39. The Kier molecular flexibility index (Phi) is 6.91. The number of aromatic nitrogens is 2. The smallest absolute Gasteiger partial charge is 0.174 e. The zero-order chi connectivity index (χ0) is 25.9. The summed E-state index contributed by atoms with van der Waals surface area (Å²) in [5, 5.41) is 4.32. The van der Waals surface area contributed by atoms with Crippen molar-refractivity contribution in [3.05, 3.63) is 119 Å². The maximum Gasteiger partial charge on any atom is 0.174 e. The van der Waals surface area contributed by atoms with Gasteiger partial charge in [0.05, 0.1) is 11.4 Å². The molecule has 186 valence electrons. The Hall–Kier alpha value is -4.19. The highest BCUT2D eigenvalue weighted by Crippen LogP contribution is 2.32. The second-order valence-electron chi connectivity index (χ2n) is 9.66. The van der Waals surface area contributed by atoms with Gasteiger partial charge >= 0.3 is 0 Å². The minimum atomic E-state index is -0.330. The van der Waals surface area contributed by atoms with E-state index in [9.17, 15) is 9.18 Å². The van der Waals surface area contributed by atoms with E-state index in [4.69, 9.17) is 4.84 Å². The molecule has 2 atom stereocenters. The summed E-state index contributed by atoms with van der Waals surface area (Å²) in [5.74, 6) is -0.424. The molecule has 0 saturated carbocycles. The molecule has 37 heavy (non-hydrogen) atoms. The molecule has 1 aliphatic rings. The number of hydrogen-bond donors (Lipinski definition) is 0. The molecule has 2 aromatic heterocycles. The largest absolute Gasteiger partial charge is 0.385 e. The number of halogens is 1. The first kappa shape index (κ1) is 24.5. The van der Waals surface area contributed by atoms with Gasteiger partial charge in [0.25, 0.3) is 0 Å². The van der Waals surface area contributed by atoms with Gasteiger partial charge in [-0.2, -0.15) is 0 Å². The highest BCUT2D eigenvalue weighted by Gasteiger charge is 2.26. The summed E-state index contributed by atoms with van der Waals surface area (Å²) >= 11 is 0. The standard InChI is InChI=1S/C31H28FN3O2/c1-19-7-8-25(26(32)12-19)22-15-23(29-18-31(37-35-29)27-6-4-5-10-33-27)17-24(16-22)30(36)14-21(3)28-13-20(2)9-11-34-28/h4-13,15-17,21,31H,14,18H2,1-3H3/t21-,31?/m0/s1. The molecule has 0 bridgehead atoms. The number of oxime groups is 1. The number of aryl methyl sites for hydroxylation is 2. The van der Waals surface area contributed by atoms with Gasteiger partial charge in [0.15, 0.2) is 11.9 Å². The molecular formula is C31H28FN3O2. The number of nitrogens with zero attached hydrogens (tertiary/aromatic N) is 3.